The van der Waals surface area contributed by atoms with Crippen LogP contribution in [0.25, 0.3) is 22.3 Å². The molecule has 0 aliphatic rings. The number of aromatic nitrogens is 3. The van der Waals surface area contributed by atoms with Gasteiger partial charge in [0.2, 0.25) is 0 Å². The summed E-state index contributed by atoms with van der Waals surface area (Å²) in [6.45, 7) is 3.09. The van der Waals surface area contributed by atoms with Gasteiger partial charge in [0.05, 0.1) is 31.6 Å². The van der Waals surface area contributed by atoms with E-state index < -0.39 is 23.0 Å². The number of rotatable bonds is 12. The number of Topliss-reactive ketones (excluding diaryl/α,β-unsaturated/α-hetero) is 1. The van der Waals surface area contributed by atoms with E-state index in [0.717, 1.165) is 16.7 Å². The molecule has 0 amide bonds. The maximum atomic E-state index is 15.5. The summed E-state index contributed by atoms with van der Waals surface area (Å²) in [7, 11) is 1.63. The zero-order valence-electron chi connectivity index (χ0n) is 25.8. The molecule has 3 aromatic heterocycles. The minimum atomic E-state index is -0.665. The van der Waals surface area contributed by atoms with Crippen molar-refractivity contribution < 1.29 is 27.8 Å². The number of nitrogens with zero attached hydrogens (tertiary/aromatic N) is 3. The van der Waals surface area contributed by atoms with Crippen LogP contribution < -0.4 is 10.3 Å². The minimum absolute atomic E-state index is 0.0110. The van der Waals surface area contributed by atoms with Gasteiger partial charge in [-0.25, -0.2) is 13.3 Å². The first-order valence-corrected chi connectivity index (χ1v) is 14.9. The molecule has 3 aromatic carbocycles. The van der Waals surface area contributed by atoms with Crippen molar-refractivity contribution in [2.45, 2.75) is 20.0 Å². The molecule has 0 spiro atoms. The van der Waals surface area contributed by atoms with Crippen molar-refractivity contribution in [3.8, 4) is 28.3 Å². The first-order chi connectivity index (χ1) is 22.8. The Kier molecular flexibility index (Phi) is 9.32. The van der Waals surface area contributed by atoms with Crippen LogP contribution in [-0.2, 0) is 22.5 Å². The van der Waals surface area contributed by atoms with Gasteiger partial charge >= 0.3 is 0 Å². The average molecular weight is 636 g/mol. The second-order valence-electron chi connectivity index (χ2n) is 11.0. The second kappa shape index (κ2) is 13.9. The third-order valence-corrected chi connectivity index (χ3v) is 7.72. The zero-order valence-corrected chi connectivity index (χ0v) is 25.8. The molecule has 6 rings (SSSR count). The molecule has 0 saturated heterocycles. The lowest BCUT2D eigenvalue weighted by molar-refractivity contribution is 0.0617. The van der Waals surface area contributed by atoms with Crippen LogP contribution in [0.4, 0.5) is 8.78 Å². The maximum absolute atomic E-state index is 15.5. The third kappa shape index (κ3) is 6.89. The van der Waals surface area contributed by atoms with Gasteiger partial charge in [0.15, 0.2) is 23.1 Å². The number of carbonyl (C=O) groups is 1. The molecule has 0 bridgehead atoms. The highest BCUT2D eigenvalue weighted by Crippen LogP contribution is 2.35. The van der Waals surface area contributed by atoms with Crippen molar-refractivity contribution in [2.75, 3.05) is 20.3 Å². The lowest BCUT2D eigenvalue weighted by Gasteiger charge is -2.12. The molecule has 8 nitrogen and oxygen atoms in total. The van der Waals surface area contributed by atoms with Crippen LogP contribution >= 0.6 is 0 Å². The Bertz CT molecular complexity index is 2120. The van der Waals surface area contributed by atoms with Gasteiger partial charge in [-0.05, 0) is 83.8 Å². The van der Waals surface area contributed by atoms with E-state index in [2.05, 4.69) is 5.10 Å². The van der Waals surface area contributed by atoms with Crippen LogP contribution in [0.2, 0.25) is 0 Å². The van der Waals surface area contributed by atoms with Crippen LogP contribution in [-0.4, -0.2) is 40.3 Å². The molecule has 0 saturated carbocycles. The molecular formula is C37H31F2N3O5. The SMILES string of the molecule is COCCOCc1cccc(-c2ccn3nccc(Oc4ccc(CC(=O)c5c(C)ccn(-c6ccc(F)cc6)c5=O)cc4F)c23)c1. The number of carbonyl (C=O) groups excluding carboxylic acids is 1. The van der Waals surface area contributed by atoms with Gasteiger partial charge in [-0.15, -0.1) is 0 Å². The molecule has 0 aliphatic carbocycles. The van der Waals surface area contributed by atoms with Crippen LogP contribution in [0.15, 0.2) is 108 Å². The summed E-state index contributed by atoms with van der Waals surface area (Å²) >= 11 is 0. The molecular weight excluding hydrogens is 604 g/mol. The predicted octanol–water partition coefficient (Wildman–Crippen LogP) is 7.12. The highest BCUT2D eigenvalue weighted by Gasteiger charge is 2.19. The molecule has 0 aliphatic heterocycles. The van der Waals surface area contributed by atoms with E-state index in [1.807, 2.05) is 30.3 Å². The molecule has 0 radical (unpaired) electrons. The molecule has 0 N–H and O–H groups in total. The number of pyridine rings is 1. The van der Waals surface area contributed by atoms with Crippen molar-refractivity contribution in [1.82, 2.24) is 14.2 Å². The number of halogens is 2. The quantitative estimate of drug-likeness (QED) is 0.105. The number of ether oxygens (including phenoxy) is 3. The fourth-order valence-electron chi connectivity index (χ4n) is 5.39. The van der Waals surface area contributed by atoms with E-state index in [1.54, 1.807) is 49.1 Å². The molecule has 47 heavy (non-hydrogen) atoms. The van der Waals surface area contributed by atoms with Gasteiger partial charge < -0.3 is 14.2 Å². The lowest BCUT2D eigenvalue weighted by atomic mass is 10.0. The standard InChI is InChI=1S/C37H31F2N3O5/c1-24-13-16-41(29-9-7-28(38)8-10-29)37(44)35(24)32(43)22-25-6-11-33(31(39)21-25)47-34-12-15-40-42-17-14-30(36(34)42)27-5-3-4-26(20-27)23-46-19-18-45-2/h3-17,20-21H,18-19,22-23H2,1-2H3. The van der Waals surface area contributed by atoms with Crippen molar-refractivity contribution in [2.24, 2.45) is 0 Å². The predicted molar refractivity (Wildman–Crippen MR) is 173 cm³/mol. The number of hydrogen-bond acceptors (Lipinski definition) is 6. The fourth-order valence-corrected chi connectivity index (χ4v) is 5.39. The number of aryl methyl sites for hydroxylation is 1. The fraction of sp³-hybridized carbons (Fsp3) is 0.162. The Morgan fingerprint density at radius 3 is 2.49 bits per heavy atom. The van der Waals surface area contributed by atoms with Crippen LogP contribution in [0, 0.1) is 18.6 Å². The summed E-state index contributed by atoms with van der Waals surface area (Å²) in [5, 5.41) is 4.39. The summed E-state index contributed by atoms with van der Waals surface area (Å²) in [6.07, 6.45) is 4.71. The van der Waals surface area contributed by atoms with E-state index in [4.69, 9.17) is 14.2 Å². The highest BCUT2D eigenvalue weighted by molar-refractivity contribution is 5.98. The Morgan fingerprint density at radius 1 is 0.872 bits per heavy atom. The molecule has 238 valence electrons. The average Bonchev–Trinajstić information content (AvgIpc) is 3.51. The van der Waals surface area contributed by atoms with Crippen LogP contribution in [0.1, 0.15) is 27.0 Å². The van der Waals surface area contributed by atoms with Gasteiger partial charge in [-0.3, -0.25) is 14.2 Å². The van der Waals surface area contributed by atoms with Crippen molar-refractivity contribution in [3.05, 3.63) is 148 Å². The van der Waals surface area contributed by atoms with Crippen molar-refractivity contribution in [3.63, 3.8) is 0 Å². The highest BCUT2D eigenvalue weighted by atomic mass is 19.1. The van der Waals surface area contributed by atoms with Gasteiger partial charge in [-0.2, -0.15) is 5.10 Å². The van der Waals surface area contributed by atoms with Gasteiger partial charge in [0.25, 0.3) is 5.56 Å². The Balaban J connectivity index is 1.23. The van der Waals surface area contributed by atoms with E-state index in [0.29, 0.717) is 47.9 Å². The normalized spacial score (nSPS) is 11.2. The van der Waals surface area contributed by atoms with Crippen LogP contribution in [0.3, 0.4) is 0 Å². The van der Waals surface area contributed by atoms with Crippen molar-refractivity contribution >= 4 is 11.3 Å². The Hall–Kier alpha value is -5.45. The second-order valence-corrected chi connectivity index (χ2v) is 11.0. The topological polar surface area (TPSA) is 84.1 Å². The smallest absolute Gasteiger partial charge is 0.266 e. The van der Waals surface area contributed by atoms with E-state index in [1.165, 1.54) is 47.2 Å². The molecule has 0 atom stereocenters. The number of fused-ring (bicyclic) bond motifs is 1. The number of hydrogen-bond donors (Lipinski definition) is 0. The zero-order chi connectivity index (χ0) is 32.9. The van der Waals surface area contributed by atoms with Crippen LogP contribution in [0.5, 0.6) is 11.5 Å². The van der Waals surface area contributed by atoms with Gasteiger partial charge in [0.1, 0.15) is 11.3 Å². The lowest BCUT2D eigenvalue weighted by Crippen LogP contribution is -2.27. The van der Waals surface area contributed by atoms with E-state index >= 15 is 4.39 Å². The summed E-state index contributed by atoms with van der Waals surface area (Å²) in [6, 6.07) is 22.8. The summed E-state index contributed by atoms with van der Waals surface area (Å²) in [5.74, 6) is -1.20. The third-order valence-electron chi connectivity index (χ3n) is 7.72. The first kappa shape index (κ1) is 31.5. The molecule has 0 unspecified atom stereocenters. The Labute approximate surface area is 269 Å². The summed E-state index contributed by atoms with van der Waals surface area (Å²) in [4.78, 5) is 26.6. The molecule has 10 heteroatoms. The Morgan fingerprint density at radius 2 is 1.70 bits per heavy atom. The largest absolute Gasteiger partial charge is 0.452 e. The van der Waals surface area contributed by atoms with Gasteiger partial charge in [-0.1, -0.05) is 24.3 Å². The van der Waals surface area contributed by atoms with E-state index in [-0.39, 0.29) is 17.7 Å². The maximum Gasteiger partial charge on any atom is 0.266 e. The first-order valence-electron chi connectivity index (χ1n) is 14.9. The van der Waals surface area contributed by atoms with Crippen molar-refractivity contribution in [1.29, 1.82) is 0 Å². The van der Waals surface area contributed by atoms with Gasteiger partial charge in [0, 0.05) is 43.2 Å². The molecule has 3 heterocycles. The van der Waals surface area contributed by atoms with E-state index in [9.17, 15) is 14.0 Å². The monoisotopic (exact) mass is 635 g/mol. The molecule has 6 aromatic rings. The number of benzene rings is 3. The minimum Gasteiger partial charge on any atom is -0.452 e. The molecule has 0 fully saturated rings. The number of methoxy groups -OCH3 is 1. The summed E-state index contributed by atoms with van der Waals surface area (Å²) < 4.78 is 48.6. The number of ketones is 1. The summed E-state index contributed by atoms with van der Waals surface area (Å²) in [5.41, 5.74) is 4.16.